The number of nitrogens with one attached hydrogen (secondary N) is 1. The molecule has 5 N–H and O–H groups in total. The Morgan fingerprint density at radius 3 is 1.78 bits per heavy atom. The lowest BCUT2D eigenvalue weighted by atomic mass is 9.81. The molecule has 0 aliphatic rings. The van der Waals surface area contributed by atoms with Crippen LogP contribution in [-0.4, -0.2) is 54.3 Å². The molecule has 1 aromatic heterocycles. The van der Waals surface area contributed by atoms with Crippen LogP contribution in [0.15, 0.2) is 79.1 Å². The van der Waals surface area contributed by atoms with Crippen molar-refractivity contribution in [2.45, 2.75) is 0 Å². The monoisotopic (exact) mass is 546 g/mol. The Kier molecular flexibility index (Phi) is 5.74. The van der Waals surface area contributed by atoms with Gasteiger partial charge in [-0.3, -0.25) is 0 Å². The van der Waals surface area contributed by atoms with Gasteiger partial charge in [0.05, 0.1) is 39.6 Å². The minimum Gasteiger partial charge on any atom is -0.478 e. The summed E-state index contributed by atoms with van der Waals surface area (Å²) < 4.78 is 0. The highest BCUT2D eigenvalue weighted by atomic mass is 16.4. The number of carbonyl (C=O) groups is 4. The molecule has 7 rings (SSSR count). The highest BCUT2D eigenvalue weighted by Gasteiger charge is 2.33. The molecule has 1 heterocycles. The van der Waals surface area contributed by atoms with Crippen molar-refractivity contribution in [3.8, 4) is 0 Å². The number of imidazole rings is 1. The van der Waals surface area contributed by atoms with Gasteiger partial charge >= 0.3 is 23.9 Å². The third-order valence-electron chi connectivity index (χ3n) is 7.12. The van der Waals surface area contributed by atoms with Crippen LogP contribution >= 0.6 is 0 Å². The van der Waals surface area contributed by atoms with E-state index >= 15 is 0 Å². The molecule has 6 aromatic carbocycles. The molecule has 0 saturated carbocycles. The second-order valence-electron chi connectivity index (χ2n) is 9.26. The summed E-state index contributed by atoms with van der Waals surface area (Å²) in [6.45, 7) is 0. The van der Waals surface area contributed by atoms with E-state index in [9.17, 15) is 39.6 Å². The zero-order valence-electron chi connectivity index (χ0n) is 20.9. The maximum absolute atomic E-state index is 12.3. The van der Waals surface area contributed by atoms with Gasteiger partial charge in [0.1, 0.15) is 0 Å². The fourth-order valence-electron chi connectivity index (χ4n) is 5.59. The van der Waals surface area contributed by atoms with Gasteiger partial charge in [0.25, 0.3) is 0 Å². The highest BCUT2D eigenvalue weighted by molar-refractivity contribution is 6.40. The van der Waals surface area contributed by atoms with Crippen LogP contribution in [-0.2, 0) is 0 Å². The van der Waals surface area contributed by atoms with Crippen molar-refractivity contribution in [1.29, 1.82) is 0 Å². The fourth-order valence-corrected chi connectivity index (χ4v) is 5.59. The molecule has 0 saturated heterocycles. The van der Waals surface area contributed by atoms with Gasteiger partial charge in [-0.1, -0.05) is 54.6 Å². The number of hydrogen-bond acceptors (Lipinski definition) is 5. The summed E-state index contributed by atoms with van der Waals surface area (Å²) in [5.41, 5.74) is -0.806. The lowest BCUT2D eigenvalue weighted by Crippen LogP contribution is -2.18. The molecule has 0 amide bonds. The van der Waals surface area contributed by atoms with Gasteiger partial charge in [0.15, 0.2) is 0 Å². The summed E-state index contributed by atoms with van der Waals surface area (Å²) in [6.07, 6.45) is 1.70. The van der Waals surface area contributed by atoms with E-state index in [1.807, 2.05) is 36.4 Å². The molecule has 0 atom stereocenters. The van der Waals surface area contributed by atoms with Crippen molar-refractivity contribution in [2.75, 3.05) is 0 Å². The molecule has 10 nitrogen and oxygen atoms in total. The second-order valence-corrected chi connectivity index (χ2v) is 9.26. The lowest BCUT2D eigenvalue weighted by molar-refractivity contribution is 0.0635. The Bertz CT molecular complexity index is 2200. The van der Waals surface area contributed by atoms with Crippen molar-refractivity contribution in [2.24, 2.45) is 0 Å². The first kappa shape index (κ1) is 25.3. The Morgan fingerprint density at radius 2 is 1.15 bits per heavy atom. The number of hydrogen-bond donors (Lipinski definition) is 5. The molecule has 0 spiro atoms. The first-order valence-corrected chi connectivity index (χ1v) is 12.2. The normalized spacial score (nSPS) is 11.2. The topological polar surface area (TPSA) is 178 Å². The number of rotatable bonds is 4. The largest absolute Gasteiger partial charge is 0.478 e. The molecule has 7 aromatic rings. The molecule has 0 aliphatic carbocycles. The number of carboxylic acids is 4. The molecule has 41 heavy (non-hydrogen) atoms. The molecule has 0 aliphatic heterocycles. The lowest BCUT2D eigenvalue weighted by Gasteiger charge is -2.20. The van der Waals surface area contributed by atoms with E-state index in [0.717, 1.165) is 16.4 Å². The van der Waals surface area contributed by atoms with Crippen molar-refractivity contribution in [3.05, 3.63) is 101 Å². The number of benzene rings is 6. The standard InChI is InChI=1S/C24H12O8.C7H6N2/c25-21(26)13-8-7-11-10-5-1-3-9-4-2-6-12(14(9)10)16-15(11)17(13)19(23(29)30)20(24(31)32)18(16)22(27)28;1-2-4-7-6(3-1)8-5-9-7/h1-8H,(H,25,26)(H,27,28)(H,29,30)(H,31,32);1-5H,(H,8,9). The highest BCUT2D eigenvalue weighted by Crippen LogP contribution is 2.45. The van der Waals surface area contributed by atoms with Gasteiger partial charge in [-0.15, -0.1) is 0 Å². The number of H-pyrrole nitrogens is 1. The van der Waals surface area contributed by atoms with Gasteiger partial charge in [-0.2, -0.15) is 0 Å². The maximum atomic E-state index is 12.3. The smallest absolute Gasteiger partial charge is 0.337 e. The van der Waals surface area contributed by atoms with Gasteiger partial charge in [0, 0.05) is 16.2 Å². The number of para-hydroxylation sites is 2. The average Bonchev–Trinajstić information content (AvgIpc) is 3.43. The quantitative estimate of drug-likeness (QED) is 0.129. The van der Waals surface area contributed by atoms with Crippen LogP contribution in [0.1, 0.15) is 41.4 Å². The third kappa shape index (κ3) is 3.77. The van der Waals surface area contributed by atoms with Crippen molar-refractivity contribution in [3.63, 3.8) is 0 Å². The van der Waals surface area contributed by atoms with Gasteiger partial charge < -0.3 is 25.4 Å². The van der Waals surface area contributed by atoms with Gasteiger partial charge in [0.2, 0.25) is 0 Å². The van der Waals surface area contributed by atoms with Crippen molar-refractivity contribution in [1.82, 2.24) is 9.97 Å². The minimum absolute atomic E-state index is 0.00250. The molecular weight excluding hydrogens is 528 g/mol. The molecule has 0 fully saturated rings. The van der Waals surface area contributed by atoms with Crippen LogP contribution in [0.5, 0.6) is 0 Å². The average molecular weight is 546 g/mol. The van der Waals surface area contributed by atoms with Crippen LogP contribution in [0.2, 0.25) is 0 Å². The SMILES string of the molecule is O=C(O)c1c(C(=O)O)c2c(C(=O)O)ccc3c4cccc5cccc(c(c1C(=O)O)c23)c54.c1ccc2[nH]cnc2c1. The van der Waals surface area contributed by atoms with E-state index in [-0.39, 0.29) is 16.2 Å². The van der Waals surface area contributed by atoms with Crippen LogP contribution in [0.3, 0.4) is 0 Å². The van der Waals surface area contributed by atoms with E-state index in [4.69, 9.17) is 0 Å². The van der Waals surface area contributed by atoms with Crippen molar-refractivity contribution >= 4 is 78.0 Å². The molecule has 0 radical (unpaired) electrons. The predicted molar refractivity (Wildman–Crippen MR) is 152 cm³/mol. The first-order valence-electron chi connectivity index (χ1n) is 12.2. The van der Waals surface area contributed by atoms with E-state index in [1.54, 1.807) is 30.6 Å². The zero-order chi connectivity index (χ0) is 29.0. The van der Waals surface area contributed by atoms with E-state index in [2.05, 4.69) is 9.97 Å². The van der Waals surface area contributed by atoms with Crippen LogP contribution in [0, 0.1) is 0 Å². The number of carboxylic acid groups (broad SMARTS) is 4. The molecular formula is C31H18N2O8. The third-order valence-corrected chi connectivity index (χ3v) is 7.12. The summed E-state index contributed by atoms with van der Waals surface area (Å²) in [6, 6.07) is 21.2. The number of aromatic carboxylic acids is 4. The second kappa shape index (κ2) is 9.31. The predicted octanol–water partition coefficient (Wildman–Crippen LogP) is 6.09. The van der Waals surface area contributed by atoms with E-state index in [1.165, 1.54) is 12.1 Å². The van der Waals surface area contributed by atoms with Crippen molar-refractivity contribution < 1.29 is 39.6 Å². The Morgan fingerprint density at radius 1 is 0.537 bits per heavy atom. The summed E-state index contributed by atoms with van der Waals surface area (Å²) in [5, 5.41) is 42.3. The number of aromatic amines is 1. The number of nitrogens with zero attached hydrogens (tertiary/aromatic N) is 1. The van der Waals surface area contributed by atoms with E-state index in [0.29, 0.717) is 21.5 Å². The molecule has 0 bridgehead atoms. The molecule has 0 unspecified atom stereocenters. The van der Waals surface area contributed by atoms with E-state index < -0.39 is 46.1 Å². The minimum atomic E-state index is -1.77. The van der Waals surface area contributed by atoms with Gasteiger partial charge in [-0.05, 0) is 45.1 Å². The summed E-state index contributed by atoms with van der Waals surface area (Å²) in [7, 11) is 0. The molecule has 10 heteroatoms. The number of aromatic nitrogens is 2. The Hall–Kier alpha value is -6.03. The summed E-state index contributed by atoms with van der Waals surface area (Å²) in [5.74, 6) is -6.58. The maximum Gasteiger partial charge on any atom is 0.337 e. The van der Waals surface area contributed by atoms with Crippen LogP contribution in [0.4, 0.5) is 0 Å². The molecule has 200 valence electrons. The van der Waals surface area contributed by atoms with Crippen LogP contribution < -0.4 is 0 Å². The first-order chi connectivity index (χ1) is 19.7. The van der Waals surface area contributed by atoms with Gasteiger partial charge in [-0.25, -0.2) is 24.2 Å². The zero-order valence-corrected chi connectivity index (χ0v) is 20.9. The van der Waals surface area contributed by atoms with Crippen LogP contribution in [0.25, 0.3) is 54.1 Å². The summed E-state index contributed by atoms with van der Waals surface area (Å²) in [4.78, 5) is 55.8. The Balaban J connectivity index is 0.000000283. The Labute approximate surface area is 229 Å². The number of fused-ring (bicyclic) bond motifs is 3. The summed E-state index contributed by atoms with van der Waals surface area (Å²) >= 11 is 0. The fraction of sp³-hybridized carbons (Fsp3) is 0.